The highest BCUT2D eigenvalue weighted by molar-refractivity contribution is 8.14. The number of benzene rings is 2. The van der Waals surface area contributed by atoms with Gasteiger partial charge >= 0.3 is 5.97 Å². The fourth-order valence-corrected chi connectivity index (χ4v) is 3.56. The Morgan fingerprint density at radius 1 is 1.14 bits per heavy atom. The average molecular weight is 410 g/mol. The van der Waals surface area contributed by atoms with Gasteiger partial charge < -0.3 is 9.64 Å². The van der Waals surface area contributed by atoms with Crippen LogP contribution < -0.4 is 9.80 Å². The van der Waals surface area contributed by atoms with E-state index in [1.807, 2.05) is 73.6 Å². The number of amidine groups is 1. The van der Waals surface area contributed by atoms with Gasteiger partial charge in [0, 0.05) is 19.8 Å². The van der Waals surface area contributed by atoms with Crippen LogP contribution in [0.15, 0.2) is 65.3 Å². The van der Waals surface area contributed by atoms with Crippen LogP contribution in [-0.4, -0.2) is 43.5 Å². The number of ether oxygens (including phenoxy) is 1. The molecule has 2 aromatic carbocycles. The molecule has 0 saturated carbocycles. The van der Waals surface area contributed by atoms with Crippen molar-refractivity contribution in [2.45, 2.75) is 6.92 Å². The maximum absolute atomic E-state index is 13.1. The van der Waals surface area contributed by atoms with Crippen LogP contribution >= 0.6 is 11.8 Å². The minimum atomic E-state index is -0.336. The van der Waals surface area contributed by atoms with Crippen molar-refractivity contribution >= 4 is 46.3 Å². The van der Waals surface area contributed by atoms with Gasteiger partial charge in [-0.2, -0.15) is 0 Å². The van der Waals surface area contributed by atoms with Crippen LogP contribution in [0.4, 0.5) is 11.4 Å². The Morgan fingerprint density at radius 2 is 1.83 bits per heavy atom. The minimum absolute atomic E-state index is 0.0914. The van der Waals surface area contributed by atoms with Crippen molar-refractivity contribution in [1.82, 2.24) is 0 Å². The molecule has 0 radical (unpaired) electrons. The van der Waals surface area contributed by atoms with Crippen molar-refractivity contribution in [2.24, 2.45) is 4.99 Å². The standard InChI is InChI=1S/C22H23N3O3S/c1-4-28-20(26)15-29-22-23-19(14-16-10-12-17(13-11-16)24(2)3)21(27)25(22)18-8-6-5-7-9-18/h5-14H,4,15H2,1-3H3/b19-14-. The summed E-state index contributed by atoms with van der Waals surface area (Å²) in [6, 6.07) is 17.1. The zero-order valence-corrected chi connectivity index (χ0v) is 17.5. The first kappa shape index (κ1) is 20.7. The maximum Gasteiger partial charge on any atom is 0.316 e. The van der Waals surface area contributed by atoms with E-state index in [2.05, 4.69) is 4.99 Å². The van der Waals surface area contributed by atoms with Gasteiger partial charge in [0.25, 0.3) is 5.91 Å². The Kier molecular flexibility index (Phi) is 6.72. The molecule has 0 bridgehead atoms. The van der Waals surface area contributed by atoms with E-state index in [4.69, 9.17) is 4.74 Å². The first-order valence-electron chi connectivity index (χ1n) is 9.25. The van der Waals surface area contributed by atoms with Crippen molar-refractivity contribution in [1.29, 1.82) is 0 Å². The number of thioether (sulfide) groups is 1. The zero-order valence-electron chi connectivity index (χ0n) is 16.7. The van der Waals surface area contributed by atoms with Crippen LogP contribution in [0.25, 0.3) is 6.08 Å². The molecule has 0 spiro atoms. The van der Waals surface area contributed by atoms with E-state index < -0.39 is 0 Å². The van der Waals surface area contributed by atoms with Crippen LogP contribution in [0.3, 0.4) is 0 Å². The minimum Gasteiger partial charge on any atom is -0.465 e. The van der Waals surface area contributed by atoms with Crippen LogP contribution in [-0.2, 0) is 14.3 Å². The summed E-state index contributed by atoms with van der Waals surface area (Å²) in [6.45, 7) is 2.08. The molecule has 0 atom stereocenters. The molecule has 0 aromatic heterocycles. The van der Waals surface area contributed by atoms with Gasteiger partial charge in [-0.05, 0) is 42.8 Å². The molecular formula is C22H23N3O3S. The third-order valence-corrected chi connectivity index (χ3v) is 5.09. The lowest BCUT2D eigenvalue weighted by atomic mass is 10.1. The number of hydrogen-bond donors (Lipinski definition) is 0. The lowest BCUT2D eigenvalue weighted by molar-refractivity contribution is -0.139. The predicted molar refractivity (Wildman–Crippen MR) is 119 cm³/mol. The number of rotatable bonds is 6. The van der Waals surface area contributed by atoms with E-state index in [0.717, 1.165) is 11.3 Å². The quantitative estimate of drug-likeness (QED) is 0.537. The van der Waals surface area contributed by atoms with E-state index in [1.165, 1.54) is 16.7 Å². The normalized spacial score (nSPS) is 14.9. The van der Waals surface area contributed by atoms with Crippen LogP contribution in [0, 0.1) is 0 Å². The number of carbonyl (C=O) groups excluding carboxylic acids is 2. The van der Waals surface area contributed by atoms with Crippen LogP contribution in [0.1, 0.15) is 12.5 Å². The number of para-hydroxylation sites is 1. The summed E-state index contributed by atoms with van der Waals surface area (Å²) in [5.74, 6) is -0.467. The molecule has 29 heavy (non-hydrogen) atoms. The lowest BCUT2D eigenvalue weighted by Crippen LogP contribution is -2.30. The number of hydrogen-bond acceptors (Lipinski definition) is 6. The van der Waals surface area contributed by atoms with E-state index in [0.29, 0.717) is 23.2 Å². The monoisotopic (exact) mass is 409 g/mol. The molecule has 3 rings (SSSR count). The number of esters is 1. The second-order valence-corrected chi connectivity index (χ2v) is 7.42. The smallest absolute Gasteiger partial charge is 0.316 e. The molecule has 2 aromatic rings. The highest BCUT2D eigenvalue weighted by atomic mass is 32.2. The van der Waals surface area contributed by atoms with Crippen molar-refractivity contribution < 1.29 is 14.3 Å². The first-order valence-corrected chi connectivity index (χ1v) is 10.2. The topological polar surface area (TPSA) is 62.2 Å². The van der Waals surface area contributed by atoms with E-state index in [1.54, 1.807) is 13.0 Å². The molecule has 1 amide bonds. The Morgan fingerprint density at radius 3 is 2.45 bits per heavy atom. The molecule has 1 aliphatic rings. The summed E-state index contributed by atoms with van der Waals surface area (Å²) in [5, 5.41) is 0.463. The van der Waals surface area contributed by atoms with Crippen LogP contribution in [0.5, 0.6) is 0 Å². The molecule has 0 N–H and O–H groups in total. The summed E-state index contributed by atoms with van der Waals surface area (Å²) < 4.78 is 4.99. The zero-order chi connectivity index (χ0) is 20.8. The largest absolute Gasteiger partial charge is 0.465 e. The predicted octanol–water partition coefficient (Wildman–Crippen LogP) is 3.79. The number of carbonyl (C=O) groups is 2. The van der Waals surface area contributed by atoms with Gasteiger partial charge in [0.15, 0.2) is 5.17 Å². The second kappa shape index (κ2) is 9.43. The number of nitrogens with zero attached hydrogens (tertiary/aromatic N) is 3. The van der Waals surface area contributed by atoms with Gasteiger partial charge in [0.2, 0.25) is 0 Å². The van der Waals surface area contributed by atoms with Gasteiger partial charge in [-0.3, -0.25) is 14.5 Å². The number of aliphatic imine (C=N–C) groups is 1. The molecule has 0 aliphatic carbocycles. The highest BCUT2D eigenvalue weighted by Crippen LogP contribution is 2.29. The fraction of sp³-hybridized carbons (Fsp3) is 0.227. The van der Waals surface area contributed by atoms with E-state index >= 15 is 0 Å². The lowest BCUT2D eigenvalue weighted by Gasteiger charge is -2.17. The summed E-state index contributed by atoms with van der Waals surface area (Å²) in [7, 11) is 3.95. The van der Waals surface area contributed by atoms with Gasteiger partial charge in [-0.25, -0.2) is 4.99 Å². The van der Waals surface area contributed by atoms with Crippen molar-refractivity contribution in [2.75, 3.05) is 36.3 Å². The molecule has 7 heteroatoms. The summed E-state index contributed by atoms with van der Waals surface area (Å²) in [5.41, 5.74) is 2.99. The Balaban J connectivity index is 1.89. The first-order chi connectivity index (χ1) is 14.0. The Bertz CT molecular complexity index is 938. The van der Waals surface area contributed by atoms with Gasteiger partial charge in [-0.1, -0.05) is 42.1 Å². The van der Waals surface area contributed by atoms with E-state index in [-0.39, 0.29) is 17.6 Å². The number of amides is 1. The number of anilines is 2. The third kappa shape index (κ3) is 5.06. The van der Waals surface area contributed by atoms with Crippen LogP contribution in [0.2, 0.25) is 0 Å². The molecule has 6 nitrogen and oxygen atoms in total. The summed E-state index contributed by atoms with van der Waals surface area (Å²) in [4.78, 5) is 32.9. The van der Waals surface area contributed by atoms with Gasteiger partial charge in [0.05, 0.1) is 18.0 Å². The molecule has 0 unspecified atom stereocenters. The third-order valence-electron chi connectivity index (χ3n) is 4.18. The maximum atomic E-state index is 13.1. The van der Waals surface area contributed by atoms with Crippen molar-refractivity contribution in [3.05, 3.63) is 65.9 Å². The molecule has 1 aliphatic heterocycles. The summed E-state index contributed by atoms with van der Waals surface area (Å²) >= 11 is 1.19. The molecule has 1 heterocycles. The fourth-order valence-electron chi connectivity index (χ4n) is 2.75. The molecule has 0 saturated heterocycles. The molecule has 0 fully saturated rings. The average Bonchev–Trinajstić information content (AvgIpc) is 3.03. The Labute approximate surface area is 174 Å². The summed E-state index contributed by atoms with van der Waals surface area (Å²) in [6.07, 6.45) is 1.76. The highest BCUT2D eigenvalue weighted by Gasteiger charge is 2.32. The van der Waals surface area contributed by atoms with Crippen molar-refractivity contribution in [3.8, 4) is 0 Å². The Hall–Kier alpha value is -3.06. The molecular weight excluding hydrogens is 386 g/mol. The molecule has 150 valence electrons. The van der Waals surface area contributed by atoms with E-state index in [9.17, 15) is 9.59 Å². The SMILES string of the molecule is CCOC(=O)CSC1=N/C(=C\c2ccc(N(C)C)cc2)C(=O)N1c1ccccc1. The van der Waals surface area contributed by atoms with Crippen molar-refractivity contribution in [3.63, 3.8) is 0 Å². The van der Waals surface area contributed by atoms with Gasteiger partial charge in [0.1, 0.15) is 5.70 Å². The van der Waals surface area contributed by atoms with Gasteiger partial charge in [-0.15, -0.1) is 0 Å². The second-order valence-electron chi connectivity index (χ2n) is 6.48.